The summed E-state index contributed by atoms with van der Waals surface area (Å²) >= 11 is 0. The molecular formula is C8H17NO2. The number of nitrogens with one attached hydrogen (secondary N) is 1. The molecule has 0 amide bonds. The van der Waals surface area contributed by atoms with E-state index in [9.17, 15) is 0 Å². The van der Waals surface area contributed by atoms with Crippen LogP contribution >= 0.6 is 0 Å². The van der Waals surface area contributed by atoms with Gasteiger partial charge in [0.05, 0.1) is 25.9 Å². The van der Waals surface area contributed by atoms with Gasteiger partial charge < -0.3 is 14.8 Å². The molecule has 0 radical (unpaired) electrons. The van der Waals surface area contributed by atoms with Crippen molar-refractivity contribution in [2.75, 3.05) is 26.4 Å². The maximum Gasteiger partial charge on any atom is 0.0933 e. The third-order valence-electron chi connectivity index (χ3n) is 1.64. The summed E-state index contributed by atoms with van der Waals surface area (Å²) in [5.41, 5.74) is 0. The Morgan fingerprint density at radius 3 is 2.82 bits per heavy atom. The molecule has 1 heterocycles. The van der Waals surface area contributed by atoms with E-state index in [1.165, 1.54) is 0 Å². The van der Waals surface area contributed by atoms with Gasteiger partial charge in [-0.2, -0.15) is 0 Å². The first-order valence-electron chi connectivity index (χ1n) is 4.22. The van der Waals surface area contributed by atoms with Crippen LogP contribution in [0.1, 0.15) is 13.8 Å². The second-order valence-corrected chi connectivity index (χ2v) is 3.13. The molecular weight excluding hydrogens is 142 g/mol. The lowest BCUT2D eigenvalue weighted by Gasteiger charge is -2.23. The maximum absolute atomic E-state index is 5.44. The molecule has 1 fully saturated rings. The highest BCUT2D eigenvalue weighted by Gasteiger charge is 2.13. The van der Waals surface area contributed by atoms with Crippen molar-refractivity contribution in [1.29, 1.82) is 0 Å². The van der Waals surface area contributed by atoms with Gasteiger partial charge in [0.25, 0.3) is 0 Å². The van der Waals surface area contributed by atoms with E-state index in [0.29, 0.717) is 6.04 Å². The average Bonchev–Trinajstić information content (AvgIpc) is 2.03. The van der Waals surface area contributed by atoms with E-state index in [4.69, 9.17) is 9.47 Å². The van der Waals surface area contributed by atoms with E-state index in [2.05, 4.69) is 19.2 Å². The molecule has 1 unspecified atom stereocenters. The topological polar surface area (TPSA) is 30.5 Å². The smallest absolute Gasteiger partial charge is 0.0933 e. The summed E-state index contributed by atoms with van der Waals surface area (Å²) in [5.74, 6) is 0. The zero-order valence-corrected chi connectivity index (χ0v) is 7.30. The molecule has 1 aliphatic heterocycles. The minimum atomic E-state index is 0.256. The summed E-state index contributed by atoms with van der Waals surface area (Å²) < 4.78 is 10.7. The highest BCUT2D eigenvalue weighted by Crippen LogP contribution is 1.98. The number of hydrogen-bond donors (Lipinski definition) is 1. The Bertz CT molecular complexity index is 100. The Hall–Kier alpha value is -0.120. The summed E-state index contributed by atoms with van der Waals surface area (Å²) in [6.07, 6.45) is 0.256. The minimum Gasteiger partial charge on any atom is -0.376 e. The van der Waals surface area contributed by atoms with Crippen molar-refractivity contribution in [2.45, 2.75) is 26.0 Å². The van der Waals surface area contributed by atoms with Crippen LogP contribution in [0.15, 0.2) is 0 Å². The van der Waals surface area contributed by atoms with Crippen molar-refractivity contribution >= 4 is 0 Å². The zero-order chi connectivity index (χ0) is 8.10. The first kappa shape index (κ1) is 8.97. The van der Waals surface area contributed by atoms with Crippen LogP contribution in [0, 0.1) is 0 Å². The molecule has 0 saturated carbocycles. The number of hydrogen-bond acceptors (Lipinski definition) is 3. The SMILES string of the molecule is CC(C)NCC1COCCO1. The van der Waals surface area contributed by atoms with Crippen molar-refractivity contribution < 1.29 is 9.47 Å². The van der Waals surface area contributed by atoms with E-state index in [1.54, 1.807) is 0 Å². The Labute approximate surface area is 68.1 Å². The first-order chi connectivity index (χ1) is 5.29. The second kappa shape index (κ2) is 4.70. The van der Waals surface area contributed by atoms with E-state index in [0.717, 1.165) is 26.4 Å². The fraction of sp³-hybridized carbons (Fsp3) is 1.00. The van der Waals surface area contributed by atoms with Crippen molar-refractivity contribution in [3.63, 3.8) is 0 Å². The van der Waals surface area contributed by atoms with Gasteiger partial charge >= 0.3 is 0 Å². The Kier molecular flexibility index (Phi) is 3.83. The van der Waals surface area contributed by atoms with Gasteiger partial charge in [0.2, 0.25) is 0 Å². The summed E-state index contributed by atoms with van der Waals surface area (Å²) in [7, 11) is 0. The fourth-order valence-corrected chi connectivity index (χ4v) is 1.02. The normalized spacial score (nSPS) is 25.9. The summed E-state index contributed by atoms with van der Waals surface area (Å²) in [6, 6.07) is 0.528. The van der Waals surface area contributed by atoms with Crippen LogP contribution in [0.4, 0.5) is 0 Å². The van der Waals surface area contributed by atoms with Crippen LogP contribution in [0.25, 0.3) is 0 Å². The van der Waals surface area contributed by atoms with Crippen LogP contribution in [0.2, 0.25) is 0 Å². The molecule has 1 rings (SSSR count). The average molecular weight is 159 g/mol. The Morgan fingerprint density at radius 1 is 1.45 bits per heavy atom. The third-order valence-corrected chi connectivity index (χ3v) is 1.64. The van der Waals surface area contributed by atoms with E-state index < -0.39 is 0 Å². The second-order valence-electron chi connectivity index (χ2n) is 3.13. The summed E-state index contributed by atoms with van der Waals surface area (Å²) in [5, 5.41) is 3.31. The van der Waals surface area contributed by atoms with Gasteiger partial charge in [-0.05, 0) is 0 Å². The quantitative estimate of drug-likeness (QED) is 0.646. The monoisotopic (exact) mass is 159 g/mol. The Balaban J connectivity index is 2.05. The van der Waals surface area contributed by atoms with Crippen LogP contribution in [0.5, 0.6) is 0 Å². The van der Waals surface area contributed by atoms with Crippen molar-refractivity contribution in [3.8, 4) is 0 Å². The minimum absolute atomic E-state index is 0.256. The van der Waals surface area contributed by atoms with Crippen LogP contribution in [-0.4, -0.2) is 38.5 Å². The molecule has 0 aromatic heterocycles. The fourth-order valence-electron chi connectivity index (χ4n) is 1.02. The molecule has 66 valence electrons. The molecule has 0 aliphatic carbocycles. The standard InChI is InChI=1S/C8H17NO2/c1-7(2)9-5-8-6-10-3-4-11-8/h7-9H,3-6H2,1-2H3. The molecule has 0 aromatic carbocycles. The van der Waals surface area contributed by atoms with Gasteiger partial charge in [-0.25, -0.2) is 0 Å². The van der Waals surface area contributed by atoms with Crippen molar-refractivity contribution in [3.05, 3.63) is 0 Å². The third kappa shape index (κ3) is 3.70. The van der Waals surface area contributed by atoms with Crippen LogP contribution < -0.4 is 5.32 Å². The van der Waals surface area contributed by atoms with Crippen molar-refractivity contribution in [1.82, 2.24) is 5.32 Å². The molecule has 11 heavy (non-hydrogen) atoms. The van der Waals surface area contributed by atoms with Gasteiger partial charge in [-0.15, -0.1) is 0 Å². The maximum atomic E-state index is 5.44. The van der Waals surface area contributed by atoms with E-state index in [-0.39, 0.29) is 6.10 Å². The van der Waals surface area contributed by atoms with Gasteiger partial charge in [0, 0.05) is 12.6 Å². The van der Waals surface area contributed by atoms with Crippen LogP contribution in [0.3, 0.4) is 0 Å². The number of ether oxygens (including phenoxy) is 2. The highest BCUT2D eigenvalue weighted by atomic mass is 16.6. The Morgan fingerprint density at radius 2 is 2.27 bits per heavy atom. The van der Waals surface area contributed by atoms with Crippen molar-refractivity contribution in [2.24, 2.45) is 0 Å². The van der Waals surface area contributed by atoms with Gasteiger partial charge in [-0.1, -0.05) is 13.8 Å². The molecule has 1 aliphatic rings. The molecule has 3 nitrogen and oxygen atoms in total. The molecule has 1 saturated heterocycles. The molecule has 1 N–H and O–H groups in total. The largest absolute Gasteiger partial charge is 0.376 e. The molecule has 0 bridgehead atoms. The zero-order valence-electron chi connectivity index (χ0n) is 7.30. The lowest BCUT2D eigenvalue weighted by atomic mass is 10.3. The molecule has 0 aromatic rings. The lowest BCUT2D eigenvalue weighted by Crippen LogP contribution is -2.39. The predicted molar refractivity (Wildman–Crippen MR) is 43.7 cm³/mol. The van der Waals surface area contributed by atoms with Gasteiger partial charge in [0.1, 0.15) is 0 Å². The van der Waals surface area contributed by atoms with E-state index in [1.807, 2.05) is 0 Å². The number of rotatable bonds is 3. The van der Waals surface area contributed by atoms with Gasteiger partial charge in [-0.3, -0.25) is 0 Å². The molecule has 1 atom stereocenters. The van der Waals surface area contributed by atoms with E-state index >= 15 is 0 Å². The summed E-state index contributed by atoms with van der Waals surface area (Å²) in [4.78, 5) is 0. The predicted octanol–water partition coefficient (Wildman–Crippen LogP) is 0.400. The van der Waals surface area contributed by atoms with Gasteiger partial charge in [0.15, 0.2) is 0 Å². The first-order valence-corrected chi connectivity index (χ1v) is 4.22. The summed E-state index contributed by atoms with van der Waals surface area (Å²) in [6.45, 7) is 7.38. The van der Waals surface area contributed by atoms with Crippen LogP contribution in [-0.2, 0) is 9.47 Å². The highest BCUT2D eigenvalue weighted by molar-refractivity contribution is 4.65. The molecule has 3 heteroatoms. The molecule has 0 spiro atoms. The lowest BCUT2D eigenvalue weighted by molar-refractivity contribution is -0.0868.